The van der Waals surface area contributed by atoms with Crippen molar-refractivity contribution in [2.24, 2.45) is 0 Å². The lowest BCUT2D eigenvalue weighted by Gasteiger charge is -2.02. The monoisotopic (exact) mass is 439 g/mol. The van der Waals surface area contributed by atoms with Gasteiger partial charge in [0.05, 0.1) is 17.9 Å². The Morgan fingerprint density at radius 2 is 1.73 bits per heavy atom. The standard InChI is InChI=1S/C23H18ClNO4S/c1-28-22(26)13-4-15-2-5-16(6-3-15)23-25-20-12-11-19(14-21(20)29-23)30(27)18-9-7-17(24)8-10-18/h2-3,5-12,14H,4,13H2,1H3. The van der Waals surface area contributed by atoms with Crippen LogP contribution in [0.25, 0.3) is 22.6 Å². The van der Waals surface area contributed by atoms with Gasteiger partial charge in [-0.2, -0.15) is 0 Å². The highest BCUT2D eigenvalue weighted by atomic mass is 35.5. The van der Waals surface area contributed by atoms with Gasteiger partial charge in [-0.3, -0.25) is 4.79 Å². The Morgan fingerprint density at radius 1 is 1.03 bits per heavy atom. The second kappa shape index (κ2) is 8.81. The van der Waals surface area contributed by atoms with E-state index in [-0.39, 0.29) is 5.97 Å². The molecule has 0 saturated heterocycles. The second-order valence-electron chi connectivity index (χ2n) is 6.64. The molecule has 4 aromatic rings. The quantitative estimate of drug-likeness (QED) is 0.375. The molecule has 0 bridgehead atoms. The van der Waals surface area contributed by atoms with Gasteiger partial charge in [-0.15, -0.1) is 0 Å². The average molecular weight is 440 g/mol. The zero-order valence-corrected chi connectivity index (χ0v) is 17.7. The highest BCUT2D eigenvalue weighted by Crippen LogP contribution is 2.28. The van der Waals surface area contributed by atoms with Crippen LogP contribution in [-0.2, 0) is 26.8 Å². The maximum atomic E-state index is 12.8. The number of benzene rings is 3. The molecule has 5 nitrogen and oxygen atoms in total. The molecule has 3 aromatic carbocycles. The molecule has 0 spiro atoms. The Bertz CT molecular complexity index is 1220. The van der Waals surface area contributed by atoms with Crippen LogP contribution in [0.3, 0.4) is 0 Å². The SMILES string of the molecule is COC(=O)CCc1ccc(-c2nc3ccc(S(=O)c4ccc(Cl)cc4)cc3o2)cc1. The van der Waals surface area contributed by atoms with E-state index in [1.54, 1.807) is 42.5 Å². The minimum Gasteiger partial charge on any atom is -0.469 e. The third kappa shape index (κ3) is 4.45. The number of carbonyl (C=O) groups is 1. The lowest BCUT2D eigenvalue weighted by Crippen LogP contribution is -2.01. The molecule has 0 aliphatic carbocycles. The number of esters is 1. The number of aromatic nitrogens is 1. The van der Waals surface area contributed by atoms with Crippen LogP contribution in [0, 0.1) is 0 Å². The van der Waals surface area contributed by atoms with Crippen molar-refractivity contribution in [3.63, 3.8) is 0 Å². The van der Waals surface area contributed by atoms with Gasteiger partial charge < -0.3 is 9.15 Å². The molecule has 0 fully saturated rings. The van der Waals surface area contributed by atoms with E-state index in [9.17, 15) is 9.00 Å². The van der Waals surface area contributed by atoms with Crippen LogP contribution < -0.4 is 0 Å². The summed E-state index contributed by atoms with van der Waals surface area (Å²) in [6, 6.07) is 20.0. The molecule has 4 rings (SSSR count). The van der Waals surface area contributed by atoms with Crippen LogP contribution in [0.5, 0.6) is 0 Å². The summed E-state index contributed by atoms with van der Waals surface area (Å²) in [5.41, 5.74) is 3.12. The van der Waals surface area contributed by atoms with Crippen LogP contribution in [0.1, 0.15) is 12.0 Å². The van der Waals surface area contributed by atoms with Crippen LogP contribution in [0.2, 0.25) is 5.02 Å². The zero-order valence-electron chi connectivity index (χ0n) is 16.1. The summed E-state index contributed by atoms with van der Waals surface area (Å²) < 4.78 is 23.4. The van der Waals surface area contributed by atoms with Crippen LogP contribution >= 0.6 is 11.6 Å². The fraction of sp³-hybridized carbons (Fsp3) is 0.130. The molecule has 0 aliphatic rings. The van der Waals surface area contributed by atoms with Gasteiger partial charge in [0, 0.05) is 26.8 Å². The lowest BCUT2D eigenvalue weighted by molar-refractivity contribution is -0.140. The van der Waals surface area contributed by atoms with Crippen molar-refractivity contribution in [1.29, 1.82) is 0 Å². The molecule has 0 N–H and O–H groups in total. The largest absolute Gasteiger partial charge is 0.469 e. The van der Waals surface area contributed by atoms with Gasteiger partial charge in [-0.1, -0.05) is 23.7 Å². The predicted molar refractivity (Wildman–Crippen MR) is 116 cm³/mol. The van der Waals surface area contributed by atoms with Crippen molar-refractivity contribution in [2.75, 3.05) is 7.11 Å². The molecule has 30 heavy (non-hydrogen) atoms. The lowest BCUT2D eigenvalue weighted by atomic mass is 10.1. The van der Waals surface area contributed by atoms with Crippen molar-refractivity contribution in [3.05, 3.63) is 77.3 Å². The van der Waals surface area contributed by atoms with Gasteiger partial charge in [0.25, 0.3) is 0 Å². The first-order chi connectivity index (χ1) is 14.5. The predicted octanol–water partition coefficient (Wildman–Crippen LogP) is 5.42. The van der Waals surface area contributed by atoms with Crippen LogP contribution in [0.15, 0.2) is 80.9 Å². The Balaban J connectivity index is 1.55. The molecule has 152 valence electrons. The molecule has 1 unspecified atom stereocenters. The van der Waals surface area contributed by atoms with Crippen LogP contribution in [0.4, 0.5) is 0 Å². The fourth-order valence-electron chi connectivity index (χ4n) is 3.00. The zero-order chi connectivity index (χ0) is 21.1. The van der Waals surface area contributed by atoms with Gasteiger partial charge >= 0.3 is 5.97 Å². The van der Waals surface area contributed by atoms with E-state index in [1.165, 1.54) is 7.11 Å². The highest BCUT2D eigenvalue weighted by Gasteiger charge is 2.13. The van der Waals surface area contributed by atoms with Gasteiger partial charge in [0.1, 0.15) is 5.52 Å². The second-order valence-corrected chi connectivity index (χ2v) is 8.56. The smallest absolute Gasteiger partial charge is 0.305 e. The molecular formula is C23H18ClNO4S. The first kappa shape index (κ1) is 20.3. The van der Waals surface area contributed by atoms with E-state index < -0.39 is 10.8 Å². The van der Waals surface area contributed by atoms with Gasteiger partial charge in [0.2, 0.25) is 5.89 Å². The van der Waals surface area contributed by atoms with Crippen molar-refractivity contribution < 1.29 is 18.2 Å². The summed E-state index contributed by atoms with van der Waals surface area (Å²) in [5.74, 6) is 0.253. The number of nitrogens with zero attached hydrogens (tertiary/aromatic N) is 1. The maximum Gasteiger partial charge on any atom is 0.305 e. The van der Waals surface area contributed by atoms with E-state index in [4.69, 9.17) is 16.0 Å². The van der Waals surface area contributed by atoms with Gasteiger partial charge in [0.15, 0.2) is 5.58 Å². The molecule has 1 aromatic heterocycles. The van der Waals surface area contributed by atoms with E-state index >= 15 is 0 Å². The number of aryl methyl sites for hydroxylation is 1. The number of oxazole rings is 1. The van der Waals surface area contributed by atoms with Crippen molar-refractivity contribution >= 4 is 39.5 Å². The van der Waals surface area contributed by atoms with Crippen molar-refractivity contribution in [3.8, 4) is 11.5 Å². The number of halogens is 1. The number of ether oxygens (including phenoxy) is 1. The third-order valence-corrected chi connectivity index (χ3v) is 6.28. The summed E-state index contributed by atoms with van der Waals surface area (Å²) in [6.07, 6.45) is 0.951. The molecule has 1 heterocycles. The maximum absolute atomic E-state index is 12.8. The topological polar surface area (TPSA) is 69.4 Å². The van der Waals surface area contributed by atoms with Crippen molar-refractivity contribution in [2.45, 2.75) is 22.6 Å². The number of methoxy groups -OCH3 is 1. The van der Waals surface area contributed by atoms with E-state index in [0.29, 0.717) is 44.6 Å². The van der Waals surface area contributed by atoms with Gasteiger partial charge in [-0.25, -0.2) is 9.19 Å². The normalized spacial score (nSPS) is 12.1. The Morgan fingerprint density at radius 3 is 2.43 bits per heavy atom. The molecule has 0 saturated carbocycles. The van der Waals surface area contributed by atoms with E-state index in [0.717, 1.165) is 11.1 Å². The molecule has 1 atom stereocenters. The van der Waals surface area contributed by atoms with Crippen molar-refractivity contribution in [1.82, 2.24) is 4.98 Å². The van der Waals surface area contributed by atoms with E-state index in [1.807, 2.05) is 24.3 Å². The van der Waals surface area contributed by atoms with E-state index in [2.05, 4.69) is 9.72 Å². The molecule has 7 heteroatoms. The Kier molecular flexibility index (Phi) is 5.97. The fourth-order valence-corrected chi connectivity index (χ4v) is 4.19. The molecule has 0 radical (unpaired) electrons. The number of rotatable bonds is 6. The van der Waals surface area contributed by atoms with Crippen LogP contribution in [-0.4, -0.2) is 22.3 Å². The molecule has 0 aliphatic heterocycles. The average Bonchev–Trinajstić information content (AvgIpc) is 3.21. The molecule has 0 amide bonds. The summed E-state index contributed by atoms with van der Waals surface area (Å²) in [6.45, 7) is 0. The number of hydrogen-bond acceptors (Lipinski definition) is 5. The summed E-state index contributed by atoms with van der Waals surface area (Å²) in [7, 11) is 0.0432. The summed E-state index contributed by atoms with van der Waals surface area (Å²) >= 11 is 5.91. The highest BCUT2D eigenvalue weighted by molar-refractivity contribution is 7.85. The summed E-state index contributed by atoms with van der Waals surface area (Å²) in [5, 5.41) is 0.599. The minimum absolute atomic E-state index is 0.232. The first-order valence-electron chi connectivity index (χ1n) is 9.27. The number of carbonyl (C=O) groups excluding carboxylic acids is 1. The Labute approximate surface area is 181 Å². The Hall–Kier alpha value is -2.96. The number of fused-ring (bicyclic) bond motifs is 1. The first-order valence-corrected chi connectivity index (χ1v) is 10.8. The molecular weight excluding hydrogens is 422 g/mol. The number of hydrogen-bond donors (Lipinski definition) is 0. The third-order valence-electron chi connectivity index (χ3n) is 4.65. The van der Waals surface area contributed by atoms with Gasteiger partial charge in [-0.05, 0) is 66.6 Å². The minimum atomic E-state index is -1.34. The summed E-state index contributed by atoms with van der Waals surface area (Å²) in [4.78, 5) is 17.1.